The van der Waals surface area contributed by atoms with E-state index in [1.807, 2.05) is 24.3 Å². The number of nitrogens with two attached hydrogens (primary N) is 1. The van der Waals surface area contributed by atoms with E-state index in [-0.39, 0.29) is 5.25 Å². The van der Waals surface area contributed by atoms with E-state index >= 15 is 0 Å². The van der Waals surface area contributed by atoms with E-state index < -0.39 is 0 Å². The summed E-state index contributed by atoms with van der Waals surface area (Å²) >= 11 is 3.44. The van der Waals surface area contributed by atoms with Crippen LogP contribution in [0.4, 0.5) is 5.82 Å². The van der Waals surface area contributed by atoms with Crippen molar-refractivity contribution in [2.45, 2.75) is 26.0 Å². The molecule has 7 heteroatoms. The Labute approximate surface area is 161 Å². The number of rotatable bonds is 7. The highest BCUT2D eigenvalue weighted by molar-refractivity contribution is 7.99. The van der Waals surface area contributed by atoms with Crippen molar-refractivity contribution >= 4 is 39.1 Å². The van der Waals surface area contributed by atoms with Crippen LogP contribution in [-0.4, -0.2) is 29.4 Å². The number of methoxy groups -OCH3 is 1. The second-order valence-electron chi connectivity index (χ2n) is 5.97. The first-order valence-corrected chi connectivity index (χ1v) is 10.3. The Morgan fingerprint density at radius 1 is 1.15 bits per heavy atom. The smallest absolute Gasteiger partial charge is 0.145 e. The Kier molecular flexibility index (Phi) is 5.88. The number of benzene rings is 1. The highest BCUT2D eigenvalue weighted by Crippen LogP contribution is 2.34. The number of thioether (sulfide) groups is 1. The average Bonchev–Trinajstić information content (AvgIpc) is 2.93. The summed E-state index contributed by atoms with van der Waals surface area (Å²) in [6.07, 6.45) is 0. The Hall–Kier alpha value is -1.99. The summed E-state index contributed by atoms with van der Waals surface area (Å²) in [7, 11) is 1.65. The van der Waals surface area contributed by atoms with Crippen LogP contribution in [0, 0.1) is 13.8 Å². The van der Waals surface area contributed by atoms with Crippen LogP contribution in [0.25, 0.3) is 10.2 Å². The zero-order valence-corrected chi connectivity index (χ0v) is 17.0. The van der Waals surface area contributed by atoms with Gasteiger partial charge in [-0.15, -0.1) is 23.1 Å². The molecule has 138 valence electrons. The van der Waals surface area contributed by atoms with Gasteiger partial charge in [-0.05, 0) is 50.6 Å². The molecule has 0 aliphatic heterocycles. The SMILES string of the molecule is COc1ccc(OCCSC(C)c2nc(N)c3c(C)c(C)sc3n2)cc1. The molecule has 0 radical (unpaired) electrons. The van der Waals surface area contributed by atoms with Crippen LogP contribution in [0.2, 0.25) is 0 Å². The first-order chi connectivity index (χ1) is 12.5. The average molecular weight is 390 g/mol. The predicted octanol–water partition coefficient (Wildman–Crippen LogP) is 4.77. The van der Waals surface area contributed by atoms with Crippen LogP contribution in [0.15, 0.2) is 24.3 Å². The Balaban J connectivity index is 1.57. The molecule has 2 N–H and O–H groups in total. The van der Waals surface area contributed by atoms with Crippen molar-refractivity contribution in [3.8, 4) is 11.5 Å². The van der Waals surface area contributed by atoms with Crippen LogP contribution in [0.1, 0.15) is 28.4 Å². The molecule has 1 atom stereocenters. The molecule has 0 aliphatic rings. The second-order valence-corrected chi connectivity index (χ2v) is 8.62. The zero-order valence-electron chi connectivity index (χ0n) is 15.4. The van der Waals surface area contributed by atoms with E-state index in [0.717, 1.165) is 33.3 Å². The molecule has 2 aromatic heterocycles. The molecule has 26 heavy (non-hydrogen) atoms. The third kappa shape index (κ3) is 4.04. The summed E-state index contributed by atoms with van der Waals surface area (Å²) < 4.78 is 10.9. The first-order valence-electron chi connectivity index (χ1n) is 8.41. The van der Waals surface area contributed by atoms with Gasteiger partial charge in [0, 0.05) is 10.6 Å². The lowest BCUT2D eigenvalue weighted by atomic mass is 10.2. The normalized spacial score (nSPS) is 12.3. The minimum Gasteiger partial charge on any atom is -0.497 e. The fraction of sp³-hybridized carbons (Fsp3) is 0.368. The number of hydrogen-bond acceptors (Lipinski definition) is 7. The van der Waals surface area contributed by atoms with Crippen LogP contribution in [-0.2, 0) is 0 Å². The van der Waals surface area contributed by atoms with E-state index in [0.29, 0.717) is 12.4 Å². The van der Waals surface area contributed by atoms with Gasteiger partial charge in [-0.3, -0.25) is 0 Å². The van der Waals surface area contributed by atoms with Gasteiger partial charge < -0.3 is 15.2 Å². The summed E-state index contributed by atoms with van der Waals surface area (Å²) in [4.78, 5) is 11.5. The van der Waals surface area contributed by atoms with Crippen molar-refractivity contribution in [3.05, 3.63) is 40.5 Å². The molecule has 0 saturated heterocycles. The standard InChI is InChI=1S/C19H23N3O2S2/c1-11-12(2)26-19-16(11)17(20)21-18(22-19)13(3)25-10-9-24-15-7-5-14(23-4)6-8-15/h5-8,13H,9-10H2,1-4H3,(H2,20,21,22). The molecule has 1 unspecified atom stereocenters. The number of nitrogens with zero attached hydrogens (tertiary/aromatic N) is 2. The number of ether oxygens (including phenoxy) is 2. The number of hydrogen-bond donors (Lipinski definition) is 1. The summed E-state index contributed by atoms with van der Waals surface area (Å²) in [5.74, 6) is 3.87. The Bertz CT molecular complexity index is 894. The lowest BCUT2D eigenvalue weighted by Gasteiger charge is -2.12. The Morgan fingerprint density at radius 2 is 1.85 bits per heavy atom. The zero-order chi connectivity index (χ0) is 18.7. The van der Waals surface area contributed by atoms with Crippen LogP contribution in [0.3, 0.4) is 0 Å². The highest BCUT2D eigenvalue weighted by Gasteiger charge is 2.16. The van der Waals surface area contributed by atoms with Gasteiger partial charge in [0.05, 0.1) is 24.4 Å². The fourth-order valence-electron chi connectivity index (χ4n) is 2.61. The maximum Gasteiger partial charge on any atom is 0.145 e. The lowest BCUT2D eigenvalue weighted by molar-refractivity contribution is 0.342. The third-order valence-electron chi connectivity index (χ3n) is 4.22. The van der Waals surface area contributed by atoms with Crippen molar-refractivity contribution in [2.24, 2.45) is 0 Å². The second kappa shape index (κ2) is 8.14. The number of fused-ring (bicyclic) bond motifs is 1. The van der Waals surface area contributed by atoms with Crippen LogP contribution >= 0.6 is 23.1 Å². The minimum absolute atomic E-state index is 0.156. The fourth-order valence-corrected chi connectivity index (χ4v) is 4.44. The van der Waals surface area contributed by atoms with E-state index in [4.69, 9.17) is 20.2 Å². The molecule has 0 saturated carbocycles. The number of thiophene rings is 1. The summed E-state index contributed by atoms with van der Waals surface area (Å²) in [6.45, 7) is 6.89. The molecule has 3 rings (SSSR count). The van der Waals surface area contributed by atoms with E-state index in [2.05, 4.69) is 25.8 Å². The number of anilines is 1. The van der Waals surface area contributed by atoms with Crippen LogP contribution < -0.4 is 15.2 Å². The van der Waals surface area contributed by atoms with Gasteiger partial charge in [0.15, 0.2) is 0 Å². The van der Waals surface area contributed by atoms with Crippen molar-refractivity contribution in [1.82, 2.24) is 9.97 Å². The Morgan fingerprint density at radius 3 is 2.54 bits per heavy atom. The molecule has 0 aliphatic carbocycles. The van der Waals surface area contributed by atoms with Crippen molar-refractivity contribution in [2.75, 3.05) is 25.2 Å². The first kappa shape index (κ1) is 18.8. The topological polar surface area (TPSA) is 70.3 Å². The van der Waals surface area contributed by atoms with Gasteiger partial charge in [-0.25, -0.2) is 9.97 Å². The van der Waals surface area contributed by atoms with Gasteiger partial charge in [0.25, 0.3) is 0 Å². The van der Waals surface area contributed by atoms with E-state index in [9.17, 15) is 0 Å². The quantitative estimate of drug-likeness (QED) is 0.587. The van der Waals surface area contributed by atoms with Gasteiger partial charge in [0.1, 0.15) is 28.0 Å². The summed E-state index contributed by atoms with van der Waals surface area (Å²) in [5.41, 5.74) is 7.36. The largest absolute Gasteiger partial charge is 0.497 e. The molecule has 0 fully saturated rings. The highest BCUT2D eigenvalue weighted by atomic mass is 32.2. The molecule has 0 amide bonds. The lowest BCUT2D eigenvalue weighted by Crippen LogP contribution is -2.05. The maximum absolute atomic E-state index is 6.17. The number of aromatic nitrogens is 2. The van der Waals surface area contributed by atoms with Crippen molar-refractivity contribution in [1.29, 1.82) is 0 Å². The minimum atomic E-state index is 0.156. The third-order valence-corrected chi connectivity index (χ3v) is 6.43. The van der Waals surface area contributed by atoms with Gasteiger partial charge in [0.2, 0.25) is 0 Å². The number of nitrogen functional groups attached to an aromatic ring is 1. The molecule has 3 aromatic rings. The predicted molar refractivity (Wildman–Crippen MR) is 111 cm³/mol. The van der Waals surface area contributed by atoms with Crippen molar-refractivity contribution in [3.63, 3.8) is 0 Å². The van der Waals surface area contributed by atoms with Gasteiger partial charge >= 0.3 is 0 Å². The monoisotopic (exact) mass is 389 g/mol. The summed E-state index contributed by atoms with van der Waals surface area (Å²) in [5, 5.41) is 1.15. The maximum atomic E-state index is 6.17. The van der Waals surface area contributed by atoms with Crippen molar-refractivity contribution < 1.29 is 9.47 Å². The molecular formula is C19H23N3O2S2. The molecule has 0 spiro atoms. The molecule has 2 heterocycles. The molecular weight excluding hydrogens is 366 g/mol. The van der Waals surface area contributed by atoms with Gasteiger partial charge in [-0.2, -0.15) is 0 Å². The van der Waals surface area contributed by atoms with E-state index in [1.165, 1.54) is 10.4 Å². The summed E-state index contributed by atoms with van der Waals surface area (Å²) in [6, 6.07) is 7.60. The number of aryl methyl sites for hydroxylation is 2. The van der Waals surface area contributed by atoms with Crippen LogP contribution in [0.5, 0.6) is 11.5 Å². The molecule has 5 nitrogen and oxygen atoms in total. The molecule has 1 aromatic carbocycles. The van der Waals surface area contributed by atoms with E-state index in [1.54, 1.807) is 30.2 Å². The molecule has 0 bridgehead atoms. The van der Waals surface area contributed by atoms with Gasteiger partial charge in [-0.1, -0.05) is 0 Å².